The van der Waals surface area contributed by atoms with E-state index in [1.165, 1.54) is 0 Å². The van der Waals surface area contributed by atoms with E-state index in [9.17, 15) is 0 Å². The number of halogens is 2. The van der Waals surface area contributed by atoms with E-state index in [1.807, 2.05) is 36.8 Å². The Labute approximate surface area is 139 Å². The average molecular weight is 351 g/mol. The van der Waals surface area contributed by atoms with Gasteiger partial charge in [0.25, 0.3) is 0 Å². The fraction of sp³-hybridized carbons (Fsp3) is 0.100. The van der Waals surface area contributed by atoms with Crippen LogP contribution >= 0.6 is 24.8 Å². The second-order valence-electron chi connectivity index (χ2n) is 3.30. The molecule has 10 heteroatoms. The first-order chi connectivity index (χ1) is 8.95. The summed E-state index contributed by atoms with van der Waals surface area (Å²) < 4.78 is 13.6. The monoisotopic (exact) mass is 350 g/mol. The molecule has 0 N–H and O–H groups in total. The van der Waals surface area contributed by atoms with Crippen LogP contribution in [-0.2, 0) is 23.7 Å². The van der Waals surface area contributed by atoms with Gasteiger partial charge < -0.3 is 0 Å². The van der Waals surface area contributed by atoms with Gasteiger partial charge in [0, 0.05) is 37.2 Å². The summed E-state index contributed by atoms with van der Waals surface area (Å²) >= 11 is 0.750. The van der Waals surface area contributed by atoms with E-state index in [4.69, 9.17) is 3.32 Å². The van der Waals surface area contributed by atoms with Crippen molar-refractivity contribution in [2.75, 3.05) is 0 Å². The van der Waals surface area contributed by atoms with Crippen LogP contribution in [0.5, 0.6) is 0 Å². The van der Waals surface area contributed by atoms with Crippen molar-refractivity contribution in [2.45, 2.75) is 6.29 Å². The molecule has 0 aliphatic carbocycles. The van der Waals surface area contributed by atoms with Crippen LogP contribution in [0.4, 0.5) is 0 Å². The molecule has 3 heterocycles. The summed E-state index contributed by atoms with van der Waals surface area (Å²) in [6.45, 7) is 0. The summed E-state index contributed by atoms with van der Waals surface area (Å²) in [6, 6.07) is 5.62. The van der Waals surface area contributed by atoms with Gasteiger partial charge in [-0.25, -0.2) is 14.0 Å². The summed E-state index contributed by atoms with van der Waals surface area (Å²) in [4.78, 5) is 0. The van der Waals surface area contributed by atoms with Crippen LogP contribution in [0.3, 0.4) is 0 Å². The number of aromatic nitrogens is 6. The first-order valence-corrected chi connectivity index (χ1v) is 5.77. The molecule has 0 aromatic carbocycles. The topological polar surface area (TPSA) is 70.5 Å². The minimum atomic E-state index is -0.194. The molecule has 0 atom stereocenters. The molecule has 7 nitrogen and oxygen atoms in total. The maximum absolute atomic E-state index is 8.25. The van der Waals surface area contributed by atoms with Gasteiger partial charge >= 0.3 is 23.7 Å². The molecule has 3 aromatic heterocycles. The maximum atomic E-state index is 8.25. The zero-order chi connectivity index (χ0) is 12.8. The Hall–Kier alpha value is -1.28. The molecule has 20 heavy (non-hydrogen) atoms. The fourth-order valence-electron chi connectivity index (χ4n) is 1.62. The van der Waals surface area contributed by atoms with Gasteiger partial charge in [-0.1, -0.05) is 0 Å². The van der Waals surface area contributed by atoms with Crippen molar-refractivity contribution in [3.63, 3.8) is 0 Å². The van der Waals surface area contributed by atoms with Crippen molar-refractivity contribution < 1.29 is 23.7 Å². The molecule has 0 saturated heterocycles. The molecule has 0 saturated carbocycles. The molecular formula is C10H12Cl2N6OTi. The summed E-state index contributed by atoms with van der Waals surface area (Å²) in [7, 11) is 0. The second kappa shape index (κ2) is 9.60. The number of nitrogens with zero attached hydrogens (tertiary/aromatic N) is 6. The predicted octanol–water partition coefficient (Wildman–Crippen LogP) is 1.55. The summed E-state index contributed by atoms with van der Waals surface area (Å²) in [6.07, 6.45) is 10.7. The number of hydrogen-bond acceptors (Lipinski definition) is 4. The average Bonchev–Trinajstić information content (AvgIpc) is 3.17. The van der Waals surface area contributed by atoms with E-state index in [0.717, 1.165) is 20.4 Å². The van der Waals surface area contributed by atoms with Crippen LogP contribution in [-0.4, -0.2) is 29.3 Å². The van der Waals surface area contributed by atoms with Crippen molar-refractivity contribution in [3.8, 4) is 0 Å². The minimum Gasteiger partial charge on any atom is -0.227 e. The van der Waals surface area contributed by atoms with Gasteiger partial charge in [-0.05, 0) is 18.2 Å². The molecule has 0 amide bonds. The van der Waals surface area contributed by atoms with E-state index in [2.05, 4.69) is 15.3 Å². The van der Waals surface area contributed by atoms with Crippen LogP contribution in [0.1, 0.15) is 6.29 Å². The van der Waals surface area contributed by atoms with Gasteiger partial charge in [-0.3, -0.25) is 0 Å². The molecule has 0 radical (unpaired) electrons. The molecule has 3 rings (SSSR count). The van der Waals surface area contributed by atoms with Crippen molar-refractivity contribution in [2.24, 2.45) is 0 Å². The standard InChI is InChI=1S/C10H10N6.2ClH.O.Ti/c1-4-11-14(7-1)10(15-8-2-5-12-15)16-9-3-6-13-16;;;;/h1-10H;2*1H;;. The fourth-order valence-corrected chi connectivity index (χ4v) is 1.62. The largest absolute Gasteiger partial charge is 0.238 e. The first kappa shape index (κ1) is 18.7. The molecule has 0 aliphatic heterocycles. The van der Waals surface area contributed by atoms with Gasteiger partial charge in [0.2, 0.25) is 6.29 Å². The Kier molecular flexibility index (Phi) is 8.99. The van der Waals surface area contributed by atoms with E-state index in [-0.39, 0.29) is 31.1 Å². The van der Waals surface area contributed by atoms with Crippen molar-refractivity contribution in [1.82, 2.24) is 29.3 Å². The Bertz CT molecular complexity index is 475. The molecule has 0 spiro atoms. The van der Waals surface area contributed by atoms with Gasteiger partial charge in [-0.15, -0.1) is 24.8 Å². The molecule has 0 unspecified atom stereocenters. The van der Waals surface area contributed by atoms with Gasteiger partial charge in [0.05, 0.1) is 0 Å². The Balaban J connectivity index is 0.000000866. The third-order valence-corrected chi connectivity index (χ3v) is 2.28. The molecule has 0 aliphatic rings. The molecule has 106 valence electrons. The maximum Gasteiger partial charge on any atom is 0.238 e. The third kappa shape index (κ3) is 4.11. The van der Waals surface area contributed by atoms with Gasteiger partial charge in [-0.2, -0.15) is 15.3 Å². The number of hydrogen-bond donors (Lipinski definition) is 0. The summed E-state index contributed by atoms with van der Waals surface area (Å²) in [5, 5.41) is 12.7. The summed E-state index contributed by atoms with van der Waals surface area (Å²) in [5.41, 5.74) is 0. The van der Waals surface area contributed by atoms with E-state index < -0.39 is 0 Å². The zero-order valence-corrected chi connectivity index (χ0v) is 13.4. The van der Waals surface area contributed by atoms with Crippen LogP contribution in [0.15, 0.2) is 55.4 Å². The SMILES string of the molecule is Cl.Cl.[O]=[Ti].c1cnn(C(n2cccn2)n2cccn2)c1. The van der Waals surface area contributed by atoms with E-state index in [1.54, 1.807) is 32.6 Å². The van der Waals surface area contributed by atoms with Crippen molar-refractivity contribution in [3.05, 3.63) is 55.4 Å². The van der Waals surface area contributed by atoms with E-state index >= 15 is 0 Å². The minimum absolute atomic E-state index is 0. The normalized spacial score (nSPS) is 9.00. The predicted molar refractivity (Wildman–Crippen MR) is 71.7 cm³/mol. The molecule has 0 fully saturated rings. The number of rotatable bonds is 3. The second-order valence-corrected chi connectivity index (χ2v) is 3.30. The quantitative estimate of drug-likeness (QED) is 0.672. The Morgan fingerprint density at radius 1 is 0.700 bits per heavy atom. The van der Waals surface area contributed by atoms with Crippen LogP contribution in [0.2, 0.25) is 0 Å². The van der Waals surface area contributed by atoms with Crippen molar-refractivity contribution >= 4 is 24.8 Å². The van der Waals surface area contributed by atoms with Crippen LogP contribution < -0.4 is 0 Å². The molecule has 0 bridgehead atoms. The Morgan fingerprint density at radius 2 is 1.00 bits per heavy atom. The molecule has 3 aromatic rings. The van der Waals surface area contributed by atoms with Crippen LogP contribution in [0.25, 0.3) is 0 Å². The smallest absolute Gasteiger partial charge is 0.227 e. The molecular weight excluding hydrogens is 339 g/mol. The van der Waals surface area contributed by atoms with Gasteiger partial charge in [0.1, 0.15) is 0 Å². The Morgan fingerprint density at radius 3 is 1.20 bits per heavy atom. The third-order valence-electron chi connectivity index (χ3n) is 2.28. The van der Waals surface area contributed by atoms with Crippen LogP contribution in [0, 0.1) is 0 Å². The summed E-state index contributed by atoms with van der Waals surface area (Å²) in [5.74, 6) is 0. The zero-order valence-electron chi connectivity index (χ0n) is 10.2. The van der Waals surface area contributed by atoms with Gasteiger partial charge in [0.15, 0.2) is 0 Å². The van der Waals surface area contributed by atoms with E-state index in [0.29, 0.717) is 0 Å². The van der Waals surface area contributed by atoms with Crippen molar-refractivity contribution in [1.29, 1.82) is 0 Å². The first-order valence-electron chi connectivity index (χ1n) is 5.13.